The van der Waals surface area contributed by atoms with E-state index in [0.29, 0.717) is 0 Å². The van der Waals surface area contributed by atoms with E-state index < -0.39 is 24.4 Å². The Morgan fingerprint density at radius 3 is 2.67 bits per heavy atom. The van der Waals surface area contributed by atoms with Gasteiger partial charge < -0.3 is 14.1 Å². The highest BCUT2D eigenvalue weighted by Gasteiger charge is 2.14. The third kappa shape index (κ3) is 3.43. The summed E-state index contributed by atoms with van der Waals surface area (Å²) in [7, 11) is 0. The van der Waals surface area contributed by atoms with Crippen LogP contribution in [-0.4, -0.2) is 29.4 Å². The van der Waals surface area contributed by atoms with Crippen LogP contribution < -0.4 is 10.9 Å². The lowest BCUT2D eigenvalue weighted by Crippen LogP contribution is -2.43. The summed E-state index contributed by atoms with van der Waals surface area (Å²) in [6.07, 6.45) is 1.33. The molecule has 3 rings (SSSR count). The van der Waals surface area contributed by atoms with Crippen molar-refractivity contribution >= 4 is 28.7 Å². The Kier molecular flexibility index (Phi) is 4.28. The van der Waals surface area contributed by atoms with Crippen molar-refractivity contribution in [1.29, 1.82) is 0 Å². The fourth-order valence-electron chi connectivity index (χ4n) is 2.02. The van der Waals surface area contributed by atoms with Crippen molar-refractivity contribution in [3.05, 3.63) is 60.2 Å². The topological polar surface area (TPSA) is 113 Å². The Labute approximate surface area is 135 Å². The molecule has 0 saturated carbocycles. The van der Waals surface area contributed by atoms with Crippen LogP contribution in [0.25, 0.3) is 10.9 Å². The van der Waals surface area contributed by atoms with Crippen LogP contribution >= 0.6 is 0 Å². The number of esters is 1. The quantitative estimate of drug-likeness (QED) is 0.495. The molecule has 8 heteroatoms. The van der Waals surface area contributed by atoms with Crippen molar-refractivity contribution in [1.82, 2.24) is 15.8 Å². The van der Waals surface area contributed by atoms with E-state index in [1.54, 1.807) is 12.1 Å². The summed E-state index contributed by atoms with van der Waals surface area (Å²) in [5.41, 5.74) is 5.29. The molecule has 0 radical (unpaired) electrons. The van der Waals surface area contributed by atoms with E-state index in [9.17, 15) is 14.4 Å². The predicted octanol–water partition coefficient (Wildman–Crippen LogP) is 1.38. The van der Waals surface area contributed by atoms with Crippen LogP contribution in [0.5, 0.6) is 0 Å². The van der Waals surface area contributed by atoms with Crippen LogP contribution in [0.4, 0.5) is 0 Å². The van der Waals surface area contributed by atoms with Gasteiger partial charge in [-0.15, -0.1) is 0 Å². The first-order valence-corrected chi connectivity index (χ1v) is 7.01. The smallest absolute Gasteiger partial charge is 0.355 e. The molecular formula is C16H13N3O5. The number of ether oxygens (including phenoxy) is 1. The van der Waals surface area contributed by atoms with Crippen molar-refractivity contribution < 1.29 is 23.5 Å². The maximum Gasteiger partial charge on any atom is 0.355 e. The highest BCUT2D eigenvalue weighted by atomic mass is 16.5. The third-order valence-corrected chi connectivity index (χ3v) is 3.14. The number of hydrogen-bond donors (Lipinski definition) is 3. The van der Waals surface area contributed by atoms with Crippen molar-refractivity contribution in [2.75, 3.05) is 6.61 Å². The number of furan rings is 1. The van der Waals surface area contributed by atoms with Gasteiger partial charge in [0.25, 0.3) is 5.91 Å². The van der Waals surface area contributed by atoms with Gasteiger partial charge in [-0.3, -0.25) is 20.4 Å². The molecule has 2 heterocycles. The van der Waals surface area contributed by atoms with E-state index >= 15 is 0 Å². The van der Waals surface area contributed by atoms with Gasteiger partial charge in [0.1, 0.15) is 5.69 Å². The normalized spacial score (nSPS) is 10.3. The Balaban J connectivity index is 1.48. The number of benzene rings is 1. The molecule has 3 N–H and O–H groups in total. The highest BCUT2D eigenvalue weighted by molar-refractivity contribution is 5.96. The summed E-state index contributed by atoms with van der Waals surface area (Å²) in [4.78, 5) is 37.9. The highest BCUT2D eigenvalue weighted by Crippen LogP contribution is 2.15. The Hall–Kier alpha value is -3.55. The zero-order valence-electron chi connectivity index (χ0n) is 12.4. The number of amides is 2. The number of fused-ring (bicyclic) bond motifs is 1. The molecular weight excluding hydrogens is 314 g/mol. The number of aromatic nitrogens is 1. The molecule has 0 spiro atoms. The molecule has 0 aliphatic carbocycles. The maximum atomic E-state index is 11.9. The van der Waals surface area contributed by atoms with Crippen LogP contribution in [0.1, 0.15) is 21.0 Å². The van der Waals surface area contributed by atoms with Gasteiger partial charge in [0, 0.05) is 10.9 Å². The molecule has 0 aliphatic heterocycles. The van der Waals surface area contributed by atoms with E-state index in [2.05, 4.69) is 15.8 Å². The maximum absolute atomic E-state index is 11.9. The predicted molar refractivity (Wildman–Crippen MR) is 82.9 cm³/mol. The van der Waals surface area contributed by atoms with Gasteiger partial charge >= 0.3 is 11.9 Å². The number of hydrogen-bond acceptors (Lipinski definition) is 5. The molecule has 0 saturated heterocycles. The van der Waals surface area contributed by atoms with Crippen LogP contribution in [-0.2, 0) is 9.53 Å². The lowest BCUT2D eigenvalue weighted by molar-refractivity contribution is -0.125. The average molecular weight is 327 g/mol. The Morgan fingerprint density at radius 2 is 1.92 bits per heavy atom. The van der Waals surface area contributed by atoms with Crippen LogP contribution in [0, 0.1) is 0 Å². The monoisotopic (exact) mass is 327 g/mol. The fourth-order valence-corrected chi connectivity index (χ4v) is 2.02. The molecule has 8 nitrogen and oxygen atoms in total. The van der Waals surface area contributed by atoms with Gasteiger partial charge in [0.05, 0.1) is 6.26 Å². The second-order valence-electron chi connectivity index (χ2n) is 4.83. The molecule has 24 heavy (non-hydrogen) atoms. The number of aromatic amines is 1. The van der Waals surface area contributed by atoms with E-state index in [0.717, 1.165) is 10.9 Å². The minimum Gasteiger partial charge on any atom is -0.459 e. The van der Waals surface area contributed by atoms with Crippen LogP contribution in [0.2, 0.25) is 0 Å². The van der Waals surface area contributed by atoms with Crippen molar-refractivity contribution in [2.45, 2.75) is 0 Å². The number of carbonyl (C=O) groups excluding carboxylic acids is 3. The SMILES string of the molecule is O=C(COC(=O)c1cc2ccccc2[nH]1)NNC(=O)c1ccco1. The molecule has 0 unspecified atom stereocenters. The first-order chi connectivity index (χ1) is 11.6. The molecule has 2 amide bonds. The zero-order valence-corrected chi connectivity index (χ0v) is 12.4. The molecule has 122 valence electrons. The second kappa shape index (κ2) is 6.69. The standard InChI is InChI=1S/C16H13N3O5/c20-14(18-19-15(21)13-6-3-7-23-13)9-24-16(22)12-8-10-4-1-2-5-11(10)17-12/h1-8,17H,9H2,(H,18,20)(H,19,21). The van der Waals surface area contributed by atoms with Gasteiger partial charge in [-0.1, -0.05) is 18.2 Å². The summed E-state index contributed by atoms with van der Waals surface area (Å²) >= 11 is 0. The molecule has 1 aromatic carbocycles. The molecule has 3 aromatic rings. The zero-order chi connectivity index (χ0) is 16.9. The average Bonchev–Trinajstić information content (AvgIpc) is 3.26. The second-order valence-corrected chi connectivity index (χ2v) is 4.83. The summed E-state index contributed by atoms with van der Waals surface area (Å²) in [6.45, 7) is -0.535. The van der Waals surface area contributed by atoms with E-state index in [1.165, 1.54) is 12.3 Å². The largest absolute Gasteiger partial charge is 0.459 e. The number of carbonyl (C=O) groups is 3. The van der Waals surface area contributed by atoms with Crippen LogP contribution in [0.3, 0.4) is 0 Å². The van der Waals surface area contributed by atoms with E-state index in [-0.39, 0.29) is 11.5 Å². The summed E-state index contributed by atoms with van der Waals surface area (Å²) < 4.78 is 9.75. The van der Waals surface area contributed by atoms with Gasteiger partial charge in [0.2, 0.25) is 0 Å². The molecule has 0 fully saturated rings. The van der Waals surface area contributed by atoms with Gasteiger partial charge in [-0.2, -0.15) is 0 Å². The molecule has 2 aromatic heterocycles. The van der Waals surface area contributed by atoms with E-state index in [1.807, 2.05) is 24.3 Å². The fraction of sp³-hybridized carbons (Fsp3) is 0.0625. The Bertz CT molecular complexity index is 849. The number of H-pyrrole nitrogens is 1. The molecule has 0 aliphatic rings. The number of rotatable bonds is 4. The van der Waals surface area contributed by atoms with Crippen molar-refractivity contribution in [2.24, 2.45) is 0 Å². The van der Waals surface area contributed by atoms with Gasteiger partial charge in [-0.25, -0.2) is 4.79 Å². The molecule has 0 atom stereocenters. The van der Waals surface area contributed by atoms with Gasteiger partial charge in [-0.05, 0) is 24.3 Å². The number of hydrazine groups is 1. The number of para-hydroxylation sites is 1. The summed E-state index contributed by atoms with van der Waals surface area (Å²) in [6, 6.07) is 12.0. The Morgan fingerprint density at radius 1 is 1.08 bits per heavy atom. The first kappa shape index (κ1) is 15.3. The summed E-state index contributed by atoms with van der Waals surface area (Å²) in [5, 5.41) is 0.861. The number of nitrogens with one attached hydrogen (secondary N) is 3. The first-order valence-electron chi connectivity index (χ1n) is 7.01. The summed E-state index contributed by atoms with van der Waals surface area (Å²) in [5.74, 6) is -1.92. The minimum atomic E-state index is -0.681. The molecule has 0 bridgehead atoms. The lowest BCUT2D eigenvalue weighted by Gasteiger charge is -2.06. The minimum absolute atomic E-state index is 0.0466. The van der Waals surface area contributed by atoms with Crippen molar-refractivity contribution in [3.63, 3.8) is 0 Å². The van der Waals surface area contributed by atoms with Gasteiger partial charge in [0.15, 0.2) is 12.4 Å². The third-order valence-electron chi connectivity index (χ3n) is 3.14. The van der Waals surface area contributed by atoms with Crippen molar-refractivity contribution in [3.8, 4) is 0 Å². The van der Waals surface area contributed by atoms with E-state index in [4.69, 9.17) is 9.15 Å². The van der Waals surface area contributed by atoms with Crippen LogP contribution in [0.15, 0.2) is 53.1 Å². The lowest BCUT2D eigenvalue weighted by atomic mass is 10.2.